The minimum Gasteiger partial charge on any atom is -0.493 e. The number of aromatic amines is 1. The average molecular weight is 326 g/mol. The van der Waals surface area contributed by atoms with Gasteiger partial charge in [0.2, 0.25) is 0 Å². The van der Waals surface area contributed by atoms with Gasteiger partial charge in [-0.25, -0.2) is 4.98 Å². The molecule has 0 aliphatic heterocycles. The molecule has 1 aromatic carbocycles. The highest BCUT2D eigenvalue weighted by Gasteiger charge is 2.19. The summed E-state index contributed by atoms with van der Waals surface area (Å²) in [4.78, 5) is 13.2. The lowest BCUT2D eigenvalue weighted by molar-refractivity contribution is -0.409. The summed E-state index contributed by atoms with van der Waals surface area (Å²) in [6.45, 7) is -2.72. The molecule has 9 heteroatoms. The molecule has 1 heterocycles. The van der Waals surface area contributed by atoms with Crippen LogP contribution in [-0.2, 0) is 6.54 Å². The smallest absolute Gasteiger partial charge is 0.387 e. The van der Waals surface area contributed by atoms with Crippen molar-refractivity contribution in [3.63, 3.8) is 0 Å². The van der Waals surface area contributed by atoms with Crippen LogP contribution < -0.4 is 19.8 Å². The van der Waals surface area contributed by atoms with Crippen molar-refractivity contribution in [2.45, 2.75) is 13.2 Å². The fraction of sp³-hybridized carbons (Fsp3) is 0.214. The van der Waals surface area contributed by atoms with Crippen molar-refractivity contribution in [3.8, 4) is 11.5 Å². The first-order valence-corrected chi connectivity index (χ1v) is 6.52. The lowest BCUT2D eigenvalue weighted by Gasteiger charge is -2.10. The Balaban J connectivity index is 2.14. The van der Waals surface area contributed by atoms with E-state index in [4.69, 9.17) is 4.74 Å². The molecule has 0 saturated heterocycles. The first-order valence-electron chi connectivity index (χ1n) is 6.52. The topological polar surface area (TPSA) is 87.8 Å². The summed E-state index contributed by atoms with van der Waals surface area (Å²) >= 11 is 0. The Kier molecular flexibility index (Phi) is 5.23. The number of halogens is 2. The molecule has 0 spiro atoms. The summed E-state index contributed by atoms with van der Waals surface area (Å²) in [5, 5.41) is 13.8. The lowest BCUT2D eigenvalue weighted by atomic mass is 10.2. The van der Waals surface area contributed by atoms with Gasteiger partial charge in [-0.3, -0.25) is 15.4 Å². The zero-order chi connectivity index (χ0) is 16.8. The molecule has 0 unspecified atom stereocenters. The molecule has 0 radical (unpaired) electrons. The Labute approximate surface area is 130 Å². The third kappa shape index (κ3) is 4.25. The van der Waals surface area contributed by atoms with Crippen LogP contribution in [0.4, 0.5) is 20.3 Å². The molecule has 0 aliphatic carbocycles. The Morgan fingerprint density at radius 1 is 1.35 bits per heavy atom. The Bertz CT molecular complexity index is 697. The predicted octanol–water partition coefficient (Wildman–Crippen LogP) is 2.63. The molecule has 0 bridgehead atoms. The van der Waals surface area contributed by atoms with Crippen LogP contribution in [0.25, 0.3) is 0 Å². The van der Waals surface area contributed by atoms with Gasteiger partial charge in [-0.2, -0.15) is 8.78 Å². The molecule has 0 atom stereocenters. The van der Waals surface area contributed by atoms with Crippen LogP contribution in [-0.4, -0.2) is 18.6 Å². The van der Waals surface area contributed by atoms with E-state index in [1.165, 1.54) is 31.4 Å². The van der Waals surface area contributed by atoms with Gasteiger partial charge in [0.15, 0.2) is 11.5 Å². The second kappa shape index (κ2) is 7.34. The molecule has 2 aromatic rings. The van der Waals surface area contributed by atoms with Crippen molar-refractivity contribution < 1.29 is 28.2 Å². The number of H-pyrrole nitrogens is 1. The highest BCUT2D eigenvalue weighted by Crippen LogP contribution is 2.29. The van der Waals surface area contributed by atoms with Crippen molar-refractivity contribution in [1.29, 1.82) is 0 Å². The first kappa shape index (κ1) is 16.4. The van der Waals surface area contributed by atoms with E-state index in [1.807, 2.05) is 0 Å². The molecule has 0 saturated carbocycles. The molecule has 122 valence electrons. The summed E-state index contributed by atoms with van der Waals surface area (Å²) in [6.07, 6.45) is 1.55. The molecule has 1 aromatic heterocycles. The average Bonchev–Trinajstić information content (AvgIpc) is 2.53. The van der Waals surface area contributed by atoms with E-state index in [0.29, 0.717) is 5.56 Å². The van der Waals surface area contributed by atoms with Crippen LogP contribution >= 0.6 is 0 Å². The molecule has 2 N–H and O–H groups in total. The highest BCUT2D eigenvalue weighted by atomic mass is 19.3. The number of methoxy groups -OCH3 is 1. The summed E-state index contributed by atoms with van der Waals surface area (Å²) in [5.41, 5.74) is 0.576. The van der Waals surface area contributed by atoms with Gasteiger partial charge in [-0.15, -0.1) is 0 Å². The second-order valence-electron chi connectivity index (χ2n) is 4.40. The molecule has 23 heavy (non-hydrogen) atoms. The summed E-state index contributed by atoms with van der Waals surface area (Å²) in [7, 11) is 1.33. The fourth-order valence-corrected chi connectivity index (χ4v) is 1.93. The predicted molar refractivity (Wildman–Crippen MR) is 76.6 cm³/mol. The zero-order valence-corrected chi connectivity index (χ0v) is 12.1. The van der Waals surface area contributed by atoms with E-state index < -0.39 is 11.5 Å². The van der Waals surface area contributed by atoms with E-state index in [1.54, 1.807) is 12.3 Å². The van der Waals surface area contributed by atoms with Crippen molar-refractivity contribution in [1.82, 2.24) is 0 Å². The van der Waals surface area contributed by atoms with E-state index >= 15 is 0 Å². The van der Waals surface area contributed by atoms with Gasteiger partial charge in [0.05, 0.1) is 18.2 Å². The molecular formula is C14H14F2N3O4+. The fourth-order valence-electron chi connectivity index (χ4n) is 1.93. The van der Waals surface area contributed by atoms with E-state index in [2.05, 4.69) is 15.0 Å². The standard InChI is InChI=1S/C14H13F2N3O4/c1-22-12-7-9(4-5-11(12)23-14(15)16)8-18-13-10(19(20)21)3-2-6-17-13/h2-7,14H,8H2,1H3,(H,17,18)/p+1. The molecule has 7 nitrogen and oxygen atoms in total. The van der Waals surface area contributed by atoms with Crippen LogP contribution in [0.5, 0.6) is 11.5 Å². The van der Waals surface area contributed by atoms with Crippen molar-refractivity contribution in [2.24, 2.45) is 0 Å². The number of nitrogens with one attached hydrogen (secondary N) is 2. The van der Waals surface area contributed by atoms with E-state index in [9.17, 15) is 18.9 Å². The van der Waals surface area contributed by atoms with Crippen molar-refractivity contribution in [2.75, 3.05) is 12.4 Å². The minimum absolute atomic E-state index is 0.0801. The molecule has 0 amide bonds. The molecule has 2 rings (SSSR count). The Morgan fingerprint density at radius 3 is 2.78 bits per heavy atom. The number of nitrogens with zero attached hydrogens (tertiary/aromatic N) is 1. The van der Waals surface area contributed by atoms with Crippen molar-refractivity contribution >= 4 is 11.5 Å². The Morgan fingerprint density at radius 2 is 2.13 bits per heavy atom. The first-order chi connectivity index (χ1) is 11.0. The van der Waals surface area contributed by atoms with Crippen LogP contribution in [0, 0.1) is 10.1 Å². The van der Waals surface area contributed by atoms with Crippen molar-refractivity contribution in [3.05, 3.63) is 52.2 Å². The maximum Gasteiger partial charge on any atom is 0.387 e. The number of anilines is 1. The van der Waals surface area contributed by atoms with Gasteiger partial charge >= 0.3 is 18.1 Å². The Hall–Kier alpha value is -2.97. The number of rotatable bonds is 7. The highest BCUT2D eigenvalue weighted by molar-refractivity contribution is 5.51. The molecule has 0 aliphatic rings. The van der Waals surface area contributed by atoms with Crippen LogP contribution in [0.2, 0.25) is 0 Å². The van der Waals surface area contributed by atoms with Gasteiger partial charge in [-0.1, -0.05) is 6.07 Å². The quantitative estimate of drug-likeness (QED) is 0.624. The normalized spacial score (nSPS) is 10.4. The zero-order valence-electron chi connectivity index (χ0n) is 12.1. The summed E-state index contributed by atoms with van der Waals surface area (Å²) in [6, 6.07) is 7.30. The number of benzene rings is 1. The maximum atomic E-state index is 12.3. The number of pyridine rings is 1. The number of hydrogen-bond acceptors (Lipinski definition) is 5. The number of hydrogen-bond donors (Lipinski definition) is 1. The minimum atomic E-state index is -2.95. The van der Waals surface area contributed by atoms with Gasteiger partial charge in [0, 0.05) is 6.07 Å². The van der Waals surface area contributed by atoms with Gasteiger partial charge < -0.3 is 9.47 Å². The van der Waals surface area contributed by atoms with Crippen LogP contribution in [0.15, 0.2) is 36.5 Å². The largest absolute Gasteiger partial charge is 0.493 e. The molecule has 0 fully saturated rings. The van der Waals surface area contributed by atoms with E-state index in [-0.39, 0.29) is 29.5 Å². The summed E-state index contributed by atoms with van der Waals surface area (Å²) in [5.74, 6) is 0.309. The van der Waals surface area contributed by atoms with Crippen LogP contribution in [0.1, 0.15) is 5.56 Å². The van der Waals surface area contributed by atoms with Crippen LogP contribution in [0.3, 0.4) is 0 Å². The number of alkyl halides is 2. The third-order valence-corrected chi connectivity index (χ3v) is 2.94. The van der Waals surface area contributed by atoms with E-state index in [0.717, 1.165) is 0 Å². The second-order valence-corrected chi connectivity index (χ2v) is 4.40. The third-order valence-electron chi connectivity index (χ3n) is 2.94. The number of ether oxygens (including phenoxy) is 2. The van der Waals surface area contributed by atoms with Gasteiger partial charge in [0.25, 0.3) is 0 Å². The summed E-state index contributed by atoms with van der Waals surface area (Å²) < 4.78 is 33.9. The number of nitro groups is 1. The maximum absolute atomic E-state index is 12.3. The lowest BCUT2D eigenvalue weighted by Crippen LogP contribution is -2.14. The monoisotopic (exact) mass is 326 g/mol. The SMILES string of the molecule is COc1cc(CNc2[nH+]cccc2[N+](=O)[O-])ccc1OC(F)F. The van der Waals surface area contributed by atoms with Gasteiger partial charge in [-0.05, 0) is 23.8 Å². The number of aromatic nitrogens is 1. The van der Waals surface area contributed by atoms with Gasteiger partial charge in [0.1, 0.15) is 6.54 Å². The molecular weight excluding hydrogens is 312 g/mol.